The summed E-state index contributed by atoms with van der Waals surface area (Å²) in [4.78, 5) is 2.62. The lowest BCUT2D eigenvalue weighted by Gasteiger charge is -2.32. The number of nitrogen functional groups attached to an aromatic ring is 1. The number of likely N-dealkylation sites (tertiary alicyclic amines) is 1. The molecule has 1 aliphatic heterocycles. The molecule has 2 aromatic carbocycles. The van der Waals surface area contributed by atoms with Crippen LogP contribution in [0.3, 0.4) is 0 Å². The Labute approximate surface area is 151 Å². The molecule has 1 fully saturated rings. The lowest BCUT2D eigenvalue weighted by molar-refractivity contribution is 0.177. The van der Waals surface area contributed by atoms with Crippen molar-refractivity contribution in [1.29, 1.82) is 0 Å². The van der Waals surface area contributed by atoms with Crippen molar-refractivity contribution in [2.24, 2.45) is 5.92 Å². The maximum absolute atomic E-state index is 5.76. The summed E-state index contributed by atoms with van der Waals surface area (Å²) in [7, 11) is 0. The van der Waals surface area contributed by atoms with E-state index < -0.39 is 0 Å². The minimum Gasteiger partial charge on any atom is -0.494 e. The molecule has 0 radical (unpaired) electrons. The summed E-state index contributed by atoms with van der Waals surface area (Å²) in [6, 6.07) is 18.6. The summed E-state index contributed by atoms with van der Waals surface area (Å²) in [5.74, 6) is 1.77. The number of piperidine rings is 1. The van der Waals surface area contributed by atoms with E-state index in [-0.39, 0.29) is 0 Å². The number of anilines is 1. The van der Waals surface area contributed by atoms with E-state index in [4.69, 9.17) is 10.5 Å². The van der Waals surface area contributed by atoms with Gasteiger partial charge < -0.3 is 15.4 Å². The van der Waals surface area contributed by atoms with E-state index in [1.807, 2.05) is 24.3 Å². The molecule has 0 spiro atoms. The van der Waals surface area contributed by atoms with Crippen LogP contribution < -0.4 is 10.5 Å². The first-order chi connectivity index (χ1) is 12.3. The summed E-state index contributed by atoms with van der Waals surface area (Å²) in [5.41, 5.74) is 7.94. The normalized spacial score (nSPS) is 16.0. The highest BCUT2D eigenvalue weighted by Crippen LogP contribution is 2.22. The highest BCUT2D eigenvalue weighted by molar-refractivity contribution is 5.41. The van der Waals surface area contributed by atoms with Gasteiger partial charge in [0.05, 0.1) is 6.61 Å². The lowest BCUT2D eigenvalue weighted by atomic mass is 9.90. The Kier molecular flexibility index (Phi) is 6.75. The number of rotatable bonds is 8. The second-order valence-electron chi connectivity index (χ2n) is 7.10. The molecule has 3 heteroatoms. The van der Waals surface area contributed by atoms with Gasteiger partial charge in [-0.25, -0.2) is 0 Å². The molecule has 0 unspecified atom stereocenters. The first kappa shape index (κ1) is 17.8. The van der Waals surface area contributed by atoms with Gasteiger partial charge in [0, 0.05) is 5.69 Å². The molecule has 0 aliphatic carbocycles. The maximum atomic E-state index is 5.76. The van der Waals surface area contributed by atoms with Crippen molar-refractivity contribution in [2.75, 3.05) is 32.0 Å². The van der Waals surface area contributed by atoms with Gasteiger partial charge in [0.1, 0.15) is 5.75 Å². The standard InChI is InChI=1S/C22H30N2O/c23-21-8-10-22(11-9-21)25-17-5-4-14-24-15-12-20(13-16-24)18-19-6-2-1-3-7-19/h1-3,6-11,20H,4-5,12-18,23H2. The summed E-state index contributed by atoms with van der Waals surface area (Å²) in [6.07, 6.45) is 6.21. The van der Waals surface area contributed by atoms with Gasteiger partial charge in [-0.05, 0) is 87.5 Å². The Morgan fingerprint density at radius 3 is 2.36 bits per heavy atom. The van der Waals surface area contributed by atoms with Crippen molar-refractivity contribution in [3.8, 4) is 5.75 Å². The van der Waals surface area contributed by atoms with Gasteiger partial charge in [-0.15, -0.1) is 0 Å². The van der Waals surface area contributed by atoms with Gasteiger partial charge >= 0.3 is 0 Å². The average Bonchev–Trinajstić information content (AvgIpc) is 2.65. The SMILES string of the molecule is Nc1ccc(OCCCCN2CCC(Cc3ccccc3)CC2)cc1. The summed E-state index contributed by atoms with van der Waals surface area (Å²) >= 11 is 0. The van der Waals surface area contributed by atoms with Crippen LogP contribution in [0.4, 0.5) is 5.69 Å². The number of nitrogens with two attached hydrogens (primary N) is 1. The van der Waals surface area contributed by atoms with Crippen LogP contribution in [0.25, 0.3) is 0 Å². The van der Waals surface area contributed by atoms with Gasteiger partial charge in [0.2, 0.25) is 0 Å². The fourth-order valence-corrected chi connectivity index (χ4v) is 3.55. The van der Waals surface area contributed by atoms with Crippen molar-refractivity contribution >= 4 is 5.69 Å². The molecule has 1 heterocycles. The van der Waals surface area contributed by atoms with Gasteiger partial charge in [-0.1, -0.05) is 30.3 Å². The largest absolute Gasteiger partial charge is 0.494 e. The molecule has 3 nitrogen and oxygen atoms in total. The monoisotopic (exact) mass is 338 g/mol. The van der Waals surface area contributed by atoms with Crippen LogP contribution in [0.1, 0.15) is 31.2 Å². The number of benzene rings is 2. The van der Waals surface area contributed by atoms with Crippen LogP contribution in [0, 0.1) is 5.92 Å². The van der Waals surface area contributed by atoms with Crippen molar-refractivity contribution < 1.29 is 4.74 Å². The second kappa shape index (κ2) is 9.47. The van der Waals surface area contributed by atoms with Crippen LogP contribution in [0.2, 0.25) is 0 Å². The van der Waals surface area contributed by atoms with Crippen molar-refractivity contribution in [1.82, 2.24) is 4.90 Å². The fraction of sp³-hybridized carbons (Fsp3) is 0.455. The van der Waals surface area contributed by atoms with E-state index in [0.29, 0.717) is 0 Å². The molecule has 2 N–H and O–H groups in total. The van der Waals surface area contributed by atoms with Gasteiger partial charge in [-0.3, -0.25) is 0 Å². The molecular formula is C22H30N2O. The minimum atomic E-state index is 0.781. The lowest BCUT2D eigenvalue weighted by Crippen LogP contribution is -2.35. The minimum absolute atomic E-state index is 0.781. The topological polar surface area (TPSA) is 38.5 Å². The third kappa shape index (κ3) is 6.09. The molecule has 1 aliphatic rings. The molecular weight excluding hydrogens is 308 g/mol. The molecule has 3 rings (SSSR count). The zero-order valence-corrected chi connectivity index (χ0v) is 15.1. The zero-order chi connectivity index (χ0) is 17.3. The molecule has 25 heavy (non-hydrogen) atoms. The molecule has 2 aromatic rings. The van der Waals surface area contributed by atoms with E-state index in [1.165, 1.54) is 50.9 Å². The van der Waals surface area contributed by atoms with Crippen LogP contribution in [-0.4, -0.2) is 31.1 Å². The van der Waals surface area contributed by atoms with Crippen LogP contribution in [0.5, 0.6) is 5.75 Å². The number of unbranched alkanes of at least 4 members (excludes halogenated alkanes) is 1. The molecule has 0 bridgehead atoms. The van der Waals surface area contributed by atoms with Crippen molar-refractivity contribution in [3.05, 3.63) is 60.2 Å². The molecule has 0 amide bonds. The molecule has 1 saturated heterocycles. The first-order valence-corrected chi connectivity index (χ1v) is 9.54. The van der Waals surface area contributed by atoms with Gasteiger partial charge in [-0.2, -0.15) is 0 Å². The molecule has 134 valence electrons. The fourth-order valence-electron chi connectivity index (χ4n) is 3.55. The third-order valence-corrected chi connectivity index (χ3v) is 5.09. The number of nitrogens with zero attached hydrogens (tertiary/aromatic N) is 1. The maximum Gasteiger partial charge on any atom is 0.119 e. The predicted octanol–water partition coefficient (Wildman–Crippen LogP) is 4.38. The highest BCUT2D eigenvalue weighted by Gasteiger charge is 2.18. The van der Waals surface area contributed by atoms with E-state index >= 15 is 0 Å². The highest BCUT2D eigenvalue weighted by atomic mass is 16.5. The predicted molar refractivity (Wildman–Crippen MR) is 105 cm³/mol. The van der Waals surface area contributed by atoms with Crippen molar-refractivity contribution in [3.63, 3.8) is 0 Å². The quantitative estimate of drug-likeness (QED) is 0.573. The van der Waals surface area contributed by atoms with Crippen molar-refractivity contribution in [2.45, 2.75) is 32.1 Å². The molecule has 0 aromatic heterocycles. The summed E-state index contributed by atoms with van der Waals surface area (Å²) in [6.45, 7) is 4.48. The van der Waals surface area contributed by atoms with Crippen LogP contribution in [0.15, 0.2) is 54.6 Å². The average molecular weight is 338 g/mol. The zero-order valence-electron chi connectivity index (χ0n) is 15.1. The molecule has 0 saturated carbocycles. The van der Waals surface area contributed by atoms with E-state index in [0.717, 1.165) is 30.4 Å². The number of ether oxygens (including phenoxy) is 1. The van der Waals surface area contributed by atoms with Crippen LogP contribution >= 0.6 is 0 Å². The smallest absolute Gasteiger partial charge is 0.119 e. The Morgan fingerprint density at radius 1 is 0.920 bits per heavy atom. The van der Waals surface area contributed by atoms with E-state index in [9.17, 15) is 0 Å². The molecule has 0 atom stereocenters. The Bertz CT molecular complexity index is 604. The Morgan fingerprint density at radius 2 is 1.64 bits per heavy atom. The van der Waals surface area contributed by atoms with E-state index in [2.05, 4.69) is 35.2 Å². The number of hydrogen-bond donors (Lipinski definition) is 1. The second-order valence-corrected chi connectivity index (χ2v) is 7.10. The Hall–Kier alpha value is -2.00. The summed E-state index contributed by atoms with van der Waals surface area (Å²) < 4.78 is 5.76. The van der Waals surface area contributed by atoms with Gasteiger partial charge in [0.25, 0.3) is 0 Å². The summed E-state index contributed by atoms with van der Waals surface area (Å²) in [5, 5.41) is 0. The first-order valence-electron chi connectivity index (χ1n) is 9.54. The van der Waals surface area contributed by atoms with Crippen LogP contribution in [-0.2, 0) is 6.42 Å². The number of hydrogen-bond acceptors (Lipinski definition) is 3. The van der Waals surface area contributed by atoms with E-state index in [1.54, 1.807) is 0 Å². The van der Waals surface area contributed by atoms with Gasteiger partial charge in [0.15, 0.2) is 0 Å². The Balaban J connectivity index is 1.26. The third-order valence-electron chi connectivity index (χ3n) is 5.09.